The van der Waals surface area contributed by atoms with E-state index in [2.05, 4.69) is 40.7 Å². The minimum absolute atomic E-state index is 0.0295. The molecule has 2 aromatic carbocycles. The van der Waals surface area contributed by atoms with Crippen molar-refractivity contribution in [3.8, 4) is 17.2 Å². The van der Waals surface area contributed by atoms with E-state index in [0.717, 1.165) is 36.5 Å². The largest absolute Gasteiger partial charge is 0.497 e. The van der Waals surface area contributed by atoms with Crippen LogP contribution in [0.25, 0.3) is 6.08 Å². The zero-order chi connectivity index (χ0) is 37.3. The highest BCUT2D eigenvalue weighted by Gasteiger charge is 2.61. The lowest BCUT2D eigenvalue weighted by Gasteiger charge is -2.58. The molecule has 1 aliphatic heterocycles. The summed E-state index contributed by atoms with van der Waals surface area (Å²) in [6, 6.07) is 12.6. The van der Waals surface area contributed by atoms with E-state index in [0.29, 0.717) is 52.9 Å². The van der Waals surface area contributed by atoms with Crippen molar-refractivity contribution in [2.75, 3.05) is 13.9 Å². The van der Waals surface area contributed by atoms with Crippen molar-refractivity contribution in [1.29, 1.82) is 0 Å². The molecule has 0 unspecified atom stereocenters. The maximum absolute atomic E-state index is 13.2. The number of benzene rings is 2. The Morgan fingerprint density at radius 3 is 2.51 bits per heavy atom. The van der Waals surface area contributed by atoms with Gasteiger partial charge in [0.1, 0.15) is 11.9 Å². The molecule has 3 fully saturated rings. The number of ether oxygens (including phenoxy) is 4. The number of carbonyl (C=O) groups is 2. The summed E-state index contributed by atoms with van der Waals surface area (Å²) >= 11 is 0. The molecule has 0 radical (unpaired) electrons. The molecule has 8 heteroatoms. The fourth-order valence-electron chi connectivity index (χ4n) is 10.9. The van der Waals surface area contributed by atoms with Crippen LogP contribution in [0.2, 0.25) is 0 Å². The van der Waals surface area contributed by atoms with Crippen molar-refractivity contribution in [3.63, 3.8) is 0 Å². The van der Waals surface area contributed by atoms with E-state index in [9.17, 15) is 9.59 Å². The van der Waals surface area contributed by atoms with E-state index in [1.165, 1.54) is 50.2 Å². The molecule has 53 heavy (non-hydrogen) atoms. The first-order valence-corrected chi connectivity index (χ1v) is 19.9. The molecule has 284 valence electrons. The van der Waals surface area contributed by atoms with Crippen LogP contribution in [0.15, 0.2) is 65.3 Å². The van der Waals surface area contributed by atoms with Gasteiger partial charge in [0.15, 0.2) is 11.5 Å². The molecule has 0 saturated heterocycles. The van der Waals surface area contributed by atoms with Gasteiger partial charge in [-0.25, -0.2) is 9.59 Å². The van der Waals surface area contributed by atoms with Crippen molar-refractivity contribution >= 4 is 23.7 Å². The average Bonchev–Trinajstić information content (AvgIpc) is 3.77. The van der Waals surface area contributed by atoms with Gasteiger partial charge in [-0.2, -0.15) is 0 Å². The lowest BCUT2D eigenvalue weighted by Crippen LogP contribution is -2.54. The maximum Gasteiger partial charge on any atom is 0.358 e. The van der Waals surface area contributed by atoms with Gasteiger partial charge in [-0.15, -0.1) is 0 Å². The van der Waals surface area contributed by atoms with Crippen LogP contribution in [0.1, 0.15) is 115 Å². The second-order valence-corrected chi connectivity index (χ2v) is 17.2. The third-order valence-corrected chi connectivity index (χ3v) is 13.8. The third kappa shape index (κ3) is 7.52. The second kappa shape index (κ2) is 15.3. The summed E-state index contributed by atoms with van der Waals surface area (Å²) in [5.74, 6) is 4.39. The Morgan fingerprint density at radius 2 is 1.74 bits per heavy atom. The van der Waals surface area contributed by atoms with Crippen LogP contribution in [-0.4, -0.2) is 37.7 Å². The topological polar surface area (TPSA) is 92.7 Å². The van der Waals surface area contributed by atoms with Gasteiger partial charge in [0.05, 0.1) is 18.4 Å². The Kier molecular flexibility index (Phi) is 10.8. The highest BCUT2D eigenvalue weighted by Crippen LogP contribution is 2.67. The van der Waals surface area contributed by atoms with E-state index in [4.69, 9.17) is 28.9 Å². The van der Waals surface area contributed by atoms with Crippen LogP contribution in [0.4, 0.5) is 0 Å². The van der Waals surface area contributed by atoms with Gasteiger partial charge in [-0.1, -0.05) is 70.7 Å². The number of allylic oxidation sites excluding steroid dienone is 1. The number of hydrogen-bond acceptors (Lipinski definition) is 8. The predicted molar refractivity (Wildman–Crippen MR) is 206 cm³/mol. The van der Waals surface area contributed by atoms with Crippen LogP contribution >= 0.6 is 0 Å². The number of oxime groups is 1. The molecule has 8 atom stereocenters. The molecule has 0 bridgehead atoms. The van der Waals surface area contributed by atoms with Gasteiger partial charge in [0, 0.05) is 18.4 Å². The van der Waals surface area contributed by atoms with Crippen LogP contribution in [0, 0.1) is 46.3 Å². The van der Waals surface area contributed by atoms with E-state index < -0.39 is 5.97 Å². The average molecular weight is 724 g/mol. The van der Waals surface area contributed by atoms with Crippen LogP contribution in [-0.2, 0) is 14.4 Å². The van der Waals surface area contributed by atoms with Gasteiger partial charge in [-0.3, -0.25) is 0 Å². The molecule has 4 aliphatic carbocycles. The first kappa shape index (κ1) is 37.3. The molecule has 0 N–H and O–H groups in total. The van der Waals surface area contributed by atoms with Gasteiger partial charge >= 0.3 is 11.9 Å². The quantitative estimate of drug-likeness (QED) is 0.0986. The van der Waals surface area contributed by atoms with Crippen molar-refractivity contribution < 1.29 is 33.4 Å². The summed E-state index contributed by atoms with van der Waals surface area (Å²) in [6.07, 6.45) is 16.2. The van der Waals surface area contributed by atoms with E-state index in [-0.39, 0.29) is 35.6 Å². The summed E-state index contributed by atoms with van der Waals surface area (Å²) in [7, 11) is 1.61. The van der Waals surface area contributed by atoms with Gasteiger partial charge < -0.3 is 23.8 Å². The van der Waals surface area contributed by atoms with E-state index >= 15 is 0 Å². The highest BCUT2D eigenvalue weighted by molar-refractivity contribution is 6.00. The van der Waals surface area contributed by atoms with Crippen LogP contribution in [0.3, 0.4) is 0 Å². The molecule has 3 saturated carbocycles. The predicted octanol–water partition coefficient (Wildman–Crippen LogP) is 10.2. The smallest absolute Gasteiger partial charge is 0.358 e. The normalized spacial score (nSPS) is 31.4. The summed E-state index contributed by atoms with van der Waals surface area (Å²) in [4.78, 5) is 32.1. The Morgan fingerprint density at radius 1 is 0.943 bits per heavy atom. The first-order chi connectivity index (χ1) is 25.5. The zero-order valence-electron chi connectivity index (χ0n) is 32.4. The van der Waals surface area contributed by atoms with Crippen LogP contribution in [0.5, 0.6) is 17.2 Å². The number of rotatable bonds is 11. The number of nitrogens with zero attached hydrogens (tertiary/aromatic N) is 1. The number of hydrogen-bond donors (Lipinski definition) is 0. The Bertz CT molecular complexity index is 1760. The molecular formula is C45H57NO7. The third-order valence-electron chi connectivity index (χ3n) is 13.8. The Hall–Kier alpha value is -4.07. The Balaban J connectivity index is 1.14. The number of methoxy groups -OCH3 is 1. The minimum atomic E-state index is -0.518. The Labute approximate surface area is 315 Å². The number of fused-ring (bicyclic) bond motifs is 6. The lowest BCUT2D eigenvalue weighted by molar-refractivity contribution is -0.137. The van der Waals surface area contributed by atoms with Crippen molar-refractivity contribution in [3.05, 3.63) is 71.3 Å². The fourth-order valence-corrected chi connectivity index (χ4v) is 10.9. The number of carbonyl (C=O) groups excluding carboxylic acids is 2. The molecule has 7 rings (SSSR count). The van der Waals surface area contributed by atoms with E-state index in [1.807, 2.05) is 18.2 Å². The van der Waals surface area contributed by atoms with Crippen molar-refractivity contribution in [1.82, 2.24) is 0 Å². The highest BCUT2D eigenvalue weighted by atomic mass is 16.7. The standard InChI is InChI=1S/C45H57NO7/c1-28(2)8-7-9-29(3)35-16-17-36-42-37(21-23-45(35,36)5)44(4)22-20-34(52-43(48)31-12-14-33(49-6)15-13-31)25-32(44)26-38(42)46-53-41(47)19-11-30-10-18-39-40(24-30)51-27-50-39/h10-15,18-19,24,26,28-29,34-37,42H,7-9,16-17,20-23,25,27H2,1-6H3/b19-11+,46-38+/t29-,34+,35-,36+,37+,42+,44+,45-/m1/s1. The molecule has 5 aliphatic rings. The lowest BCUT2D eigenvalue weighted by atomic mass is 9.46. The van der Waals surface area contributed by atoms with Gasteiger partial charge in [-0.05, 0) is 133 Å². The SMILES string of the molecule is COc1ccc(C(=O)O[C@H]2CC[C@@]3(C)C(=C/C(=N\OC(=O)/C=C/c4ccc5c(c4)OCO5)[C@H]4[C@@H]5CC[C@H]([C@H](C)CCCC(C)C)[C@@]5(C)CC[C@@H]43)C2)cc1. The molecular weight excluding hydrogens is 666 g/mol. The summed E-state index contributed by atoms with van der Waals surface area (Å²) < 4.78 is 22.3. The monoisotopic (exact) mass is 723 g/mol. The fraction of sp³-hybridized carbons (Fsp3) is 0.578. The molecule has 0 aromatic heterocycles. The van der Waals surface area contributed by atoms with Crippen molar-refractivity contribution in [2.45, 2.75) is 105 Å². The summed E-state index contributed by atoms with van der Waals surface area (Å²) in [5, 5.41) is 4.72. The molecule has 2 aromatic rings. The number of esters is 1. The summed E-state index contributed by atoms with van der Waals surface area (Å²) in [6.45, 7) is 12.3. The first-order valence-electron chi connectivity index (χ1n) is 19.9. The molecule has 0 spiro atoms. The maximum atomic E-state index is 13.2. The zero-order valence-corrected chi connectivity index (χ0v) is 32.4. The minimum Gasteiger partial charge on any atom is -0.497 e. The molecule has 8 nitrogen and oxygen atoms in total. The molecule has 1 heterocycles. The van der Waals surface area contributed by atoms with E-state index in [1.54, 1.807) is 37.5 Å². The molecule has 0 amide bonds. The second-order valence-electron chi connectivity index (χ2n) is 17.2. The van der Waals surface area contributed by atoms with Crippen molar-refractivity contribution in [2.24, 2.45) is 51.5 Å². The van der Waals surface area contributed by atoms with Crippen LogP contribution < -0.4 is 14.2 Å². The van der Waals surface area contributed by atoms with Gasteiger partial charge in [0.25, 0.3) is 0 Å². The van der Waals surface area contributed by atoms with Gasteiger partial charge in [0.2, 0.25) is 6.79 Å². The summed E-state index contributed by atoms with van der Waals surface area (Å²) in [5.41, 5.74) is 3.64.